The van der Waals surface area contributed by atoms with Gasteiger partial charge in [-0.1, -0.05) is 54.6 Å². The van der Waals surface area contributed by atoms with Crippen LogP contribution in [0.25, 0.3) is 22.2 Å². The first-order valence-electron chi connectivity index (χ1n) is 12.0. The first kappa shape index (κ1) is 24.3. The van der Waals surface area contributed by atoms with Crippen LogP contribution in [-0.2, 0) is 20.9 Å². The van der Waals surface area contributed by atoms with Gasteiger partial charge in [0.05, 0.1) is 35.8 Å². The molecule has 0 saturated heterocycles. The molecule has 0 spiro atoms. The van der Waals surface area contributed by atoms with E-state index in [0.717, 1.165) is 44.6 Å². The lowest BCUT2D eigenvalue weighted by atomic mass is 9.96. The minimum atomic E-state index is -1.01. The minimum Gasteiger partial charge on any atom is -0.481 e. The van der Waals surface area contributed by atoms with Crippen LogP contribution < -0.4 is 0 Å². The lowest BCUT2D eigenvalue weighted by Crippen LogP contribution is -2.27. The second kappa shape index (κ2) is 10.7. The van der Waals surface area contributed by atoms with Crippen LogP contribution in [0.2, 0.25) is 0 Å². The number of methoxy groups -OCH3 is 1. The minimum absolute atomic E-state index is 0.117. The highest BCUT2D eigenvalue weighted by Crippen LogP contribution is 2.35. The smallest absolute Gasteiger partial charge is 0.303 e. The van der Waals surface area contributed by atoms with E-state index >= 15 is 0 Å². The average Bonchev–Trinajstić information content (AvgIpc) is 3.38. The van der Waals surface area contributed by atoms with Crippen LogP contribution in [-0.4, -0.2) is 44.8 Å². The topological polar surface area (TPSA) is 105 Å². The van der Waals surface area contributed by atoms with Crippen LogP contribution >= 0.6 is 0 Å². The molecule has 1 N–H and O–H groups in total. The number of carbonyl (C=O) groups excluding carboxylic acids is 1. The number of carboxylic acids is 1. The molecule has 1 aliphatic rings. The van der Waals surface area contributed by atoms with E-state index in [4.69, 9.17) is 9.84 Å². The Labute approximate surface area is 214 Å². The summed E-state index contributed by atoms with van der Waals surface area (Å²) in [6, 6.07) is 21.7. The predicted molar refractivity (Wildman–Crippen MR) is 140 cm³/mol. The van der Waals surface area contributed by atoms with E-state index in [0.29, 0.717) is 13.0 Å². The van der Waals surface area contributed by atoms with Gasteiger partial charge in [0, 0.05) is 32.3 Å². The van der Waals surface area contributed by atoms with Crippen LogP contribution in [0.1, 0.15) is 42.0 Å². The SMILES string of the molecule is COCc1ccc(-c2ccc(C3=NN(C(=O)CCC(=O)O)C(c4ccc5nccnc5c4)C3)cc2)cc1. The van der Waals surface area contributed by atoms with Crippen molar-refractivity contribution < 1.29 is 19.4 Å². The monoisotopic (exact) mass is 494 g/mol. The molecule has 1 atom stereocenters. The number of nitrogens with zero attached hydrogens (tertiary/aromatic N) is 4. The molecule has 0 saturated carbocycles. The maximum atomic E-state index is 13.0. The molecule has 1 aliphatic heterocycles. The molecule has 1 aromatic heterocycles. The van der Waals surface area contributed by atoms with Gasteiger partial charge in [0.2, 0.25) is 5.91 Å². The number of ether oxygens (including phenoxy) is 1. The van der Waals surface area contributed by atoms with Gasteiger partial charge in [0.25, 0.3) is 0 Å². The summed E-state index contributed by atoms with van der Waals surface area (Å²) < 4.78 is 5.18. The second-order valence-corrected chi connectivity index (χ2v) is 8.91. The van der Waals surface area contributed by atoms with E-state index in [1.165, 1.54) is 5.01 Å². The number of carbonyl (C=O) groups is 2. The maximum absolute atomic E-state index is 13.0. The number of aliphatic carboxylic acids is 1. The van der Waals surface area contributed by atoms with Crippen molar-refractivity contribution in [2.24, 2.45) is 5.10 Å². The standard InChI is InChI=1S/C29H26N4O4/c1-37-18-19-2-4-20(5-3-19)21-6-8-22(9-7-21)25-17-27(33(32-25)28(34)12-13-29(35)36)23-10-11-24-26(16-23)31-15-14-30-24/h2-11,14-16,27H,12-13,17-18H2,1H3,(H,35,36). The van der Waals surface area contributed by atoms with Gasteiger partial charge in [-0.25, -0.2) is 5.01 Å². The van der Waals surface area contributed by atoms with Crippen molar-refractivity contribution >= 4 is 28.6 Å². The summed E-state index contributed by atoms with van der Waals surface area (Å²) in [5, 5.41) is 15.2. The van der Waals surface area contributed by atoms with Gasteiger partial charge in [-0.05, 0) is 39.9 Å². The van der Waals surface area contributed by atoms with Gasteiger partial charge in [0.15, 0.2) is 0 Å². The molecule has 0 bridgehead atoms. The molecular weight excluding hydrogens is 468 g/mol. The van der Waals surface area contributed by atoms with E-state index in [1.54, 1.807) is 19.5 Å². The number of hydrogen-bond acceptors (Lipinski definition) is 6. The molecule has 0 aliphatic carbocycles. The summed E-state index contributed by atoms with van der Waals surface area (Å²) in [5.41, 5.74) is 7.34. The van der Waals surface area contributed by atoms with E-state index in [2.05, 4.69) is 27.2 Å². The Bertz CT molecular complexity index is 1470. The number of carboxylic acid groups (broad SMARTS) is 1. The number of fused-ring (bicyclic) bond motifs is 1. The van der Waals surface area contributed by atoms with Crippen molar-refractivity contribution in [1.29, 1.82) is 0 Å². The normalized spacial score (nSPS) is 15.1. The molecule has 0 fully saturated rings. The Morgan fingerprint density at radius 2 is 1.54 bits per heavy atom. The van der Waals surface area contributed by atoms with E-state index in [1.807, 2.05) is 54.6 Å². The van der Waals surface area contributed by atoms with Crippen molar-refractivity contribution in [2.75, 3.05) is 7.11 Å². The fourth-order valence-corrected chi connectivity index (χ4v) is 4.51. The van der Waals surface area contributed by atoms with Gasteiger partial charge in [-0.3, -0.25) is 19.6 Å². The predicted octanol–water partition coefficient (Wildman–Crippen LogP) is 4.99. The lowest BCUT2D eigenvalue weighted by molar-refractivity contribution is -0.141. The van der Waals surface area contributed by atoms with Gasteiger partial charge in [0.1, 0.15) is 0 Å². The highest BCUT2D eigenvalue weighted by molar-refractivity contribution is 6.03. The molecule has 4 aromatic rings. The highest BCUT2D eigenvalue weighted by atomic mass is 16.5. The fourth-order valence-electron chi connectivity index (χ4n) is 4.51. The molecule has 8 heteroatoms. The van der Waals surface area contributed by atoms with Crippen LogP contribution in [0.15, 0.2) is 84.2 Å². The Morgan fingerprint density at radius 1 is 0.892 bits per heavy atom. The van der Waals surface area contributed by atoms with Gasteiger partial charge in [-0.15, -0.1) is 0 Å². The maximum Gasteiger partial charge on any atom is 0.303 e. The summed E-state index contributed by atoms with van der Waals surface area (Å²) in [7, 11) is 1.68. The first-order valence-corrected chi connectivity index (χ1v) is 12.0. The van der Waals surface area contributed by atoms with Gasteiger partial charge >= 0.3 is 5.97 Å². The number of aromatic nitrogens is 2. The number of hydrogen-bond donors (Lipinski definition) is 1. The number of amides is 1. The Morgan fingerprint density at radius 3 is 2.22 bits per heavy atom. The molecule has 3 aromatic carbocycles. The average molecular weight is 495 g/mol. The number of hydrazone groups is 1. The third kappa shape index (κ3) is 5.39. The quantitative estimate of drug-likeness (QED) is 0.370. The second-order valence-electron chi connectivity index (χ2n) is 8.91. The Kier molecular flexibility index (Phi) is 7.00. The Balaban J connectivity index is 1.42. The van der Waals surface area contributed by atoms with Crippen LogP contribution in [0.3, 0.4) is 0 Å². The molecule has 1 amide bonds. The summed E-state index contributed by atoms with van der Waals surface area (Å²) in [6.45, 7) is 0.575. The highest BCUT2D eigenvalue weighted by Gasteiger charge is 2.33. The van der Waals surface area contributed by atoms with E-state index in [-0.39, 0.29) is 24.8 Å². The molecule has 5 rings (SSSR count). The zero-order chi connectivity index (χ0) is 25.8. The number of rotatable bonds is 8. The molecular formula is C29H26N4O4. The van der Waals surface area contributed by atoms with Gasteiger partial charge < -0.3 is 9.84 Å². The summed E-state index contributed by atoms with van der Waals surface area (Å²) in [5.74, 6) is -1.34. The third-order valence-electron chi connectivity index (χ3n) is 6.41. The molecule has 186 valence electrons. The molecule has 37 heavy (non-hydrogen) atoms. The molecule has 0 radical (unpaired) electrons. The molecule has 1 unspecified atom stereocenters. The van der Waals surface area contributed by atoms with Crippen molar-refractivity contribution in [3.05, 3.63) is 95.8 Å². The molecule has 8 nitrogen and oxygen atoms in total. The fraction of sp³-hybridized carbons (Fsp3) is 0.207. The van der Waals surface area contributed by atoms with E-state index in [9.17, 15) is 9.59 Å². The largest absolute Gasteiger partial charge is 0.481 e. The van der Waals surface area contributed by atoms with Crippen LogP contribution in [0.4, 0.5) is 0 Å². The summed E-state index contributed by atoms with van der Waals surface area (Å²) in [6.07, 6.45) is 3.42. The zero-order valence-electron chi connectivity index (χ0n) is 20.4. The van der Waals surface area contributed by atoms with Crippen LogP contribution in [0, 0.1) is 0 Å². The van der Waals surface area contributed by atoms with E-state index < -0.39 is 5.97 Å². The Hall–Kier alpha value is -4.43. The van der Waals surface area contributed by atoms with Crippen LogP contribution in [0.5, 0.6) is 0 Å². The third-order valence-corrected chi connectivity index (χ3v) is 6.41. The van der Waals surface area contributed by atoms with Crippen molar-refractivity contribution in [1.82, 2.24) is 15.0 Å². The first-order chi connectivity index (χ1) is 18.0. The summed E-state index contributed by atoms with van der Waals surface area (Å²) >= 11 is 0. The summed E-state index contributed by atoms with van der Waals surface area (Å²) in [4.78, 5) is 32.8. The van der Waals surface area contributed by atoms with Crippen molar-refractivity contribution in [2.45, 2.75) is 31.9 Å². The lowest BCUT2D eigenvalue weighted by Gasteiger charge is -2.22. The van der Waals surface area contributed by atoms with Gasteiger partial charge in [-0.2, -0.15) is 5.10 Å². The zero-order valence-corrected chi connectivity index (χ0v) is 20.4. The molecule has 2 heterocycles. The van der Waals surface area contributed by atoms with Crippen molar-refractivity contribution in [3.63, 3.8) is 0 Å². The number of benzene rings is 3. The van der Waals surface area contributed by atoms with Crippen molar-refractivity contribution in [3.8, 4) is 11.1 Å².